The summed E-state index contributed by atoms with van der Waals surface area (Å²) in [5, 5.41) is 13.1. The molecule has 0 saturated heterocycles. The van der Waals surface area contributed by atoms with Gasteiger partial charge in [-0.15, -0.1) is 0 Å². The number of carbonyl (C=O) groups excluding carboxylic acids is 1. The molecule has 0 bridgehead atoms. The topological polar surface area (TPSA) is 104 Å². The van der Waals surface area contributed by atoms with Gasteiger partial charge in [-0.25, -0.2) is 0 Å². The molecule has 0 spiro atoms. The van der Waals surface area contributed by atoms with Gasteiger partial charge in [-0.05, 0) is 77.6 Å². The molecule has 1 amide bonds. The van der Waals surface area contributed by atoms with Gasteiger partial charge in [-0.2, -0.15) is 8.42 Å². The average molecular weight is 676 g/mol. The van der Waals surface area contributed by atoms with Crippen molar-refractivity contribution in [2.24, 2.45) is 0 Å². The Kier molecular flexibility index (Phi) is 32.1. The maximum absolute atomic E-state index is 12.4. The third kappa shape index (κ3) is 34.9. The highest BCUT2D eigenvalue weighted by molar-refractivity contribution is 7.85. The first kappa shape index (κ1) is 44.8. The fraction of sp³-hybridized carbons (Fsp3) is 0.675. The van der Waals surface area contributed by atoms with E-state index in [4.69, 9.17) is 0 Å². The fourth-order valence-electron chi connectivity index (χ4n) is 5.14. The van der Waals surface area contributed by atoms with Crippen LogP contribution in [-0.4, -0.2) is 41.9 Å². The minimum absolute atomic E-state index is 0.272. The molecule has 0 aliphatic carbocycles. The Bertz CT molecular complexity index is 1010. The Morgan fingerprint density at radius 1 is 0.617 bits per heavy atom. The van der Waals surface area contributed by atoms with Crippen molar-refractivity contribution in [1.82, 2.24) is 5.32 Å². The minimum Gasteiger partial charge on any atom is -0.387 e. The highest BCUT2D eigenvalue weighted by Gasteiger charge is 2.24. The van der Waals surface area contributed by atoms with Gasteiger partial charge in [0.25, 0.3) is 10.1 Å². The van der Waals surface area contributed by atoms with Gasteiger partial charge in [0.15, 0.2) is 0 Å². The van der Waals surface area contributed by atoms with E-state index in [1.807, 2.05) is 13.0 Å². The van der Waals surface area contributed by atoms with E-state index in [1.165, 1.54) is 70.3 Å². The van der Waals surface area contributed by atoms with Crippen molar-refractivity contribution < 1.29 is 22.9 Å². The summed E-state index contributed by atoms with van der Waals surface area (Å²) in [6.07, 6.45) is 47.7. The summed E-state index contributed by atoms with van der Waals surface area (Å²) in [7, 11) is -4.36. The Hall–Kier alpha value is -2.22. The van der Waals surface area contributed by atoms with Crippen LogP contribution in [0.25, 0.3) is 0 Å². The van der Waals surface area contributed by atoms with Crippen LogP contribution in [0.15, 0.2) is 72.9 Å². The van der Waals surface area contributed by atoms with E-state index >= 15 is 0 Å². The number of amides is 1. The lowest BCUT2D eigenvalue weighted by atomic mass is 10.1. The number of carbonyl (C=O) groups is 1. The van der Waals surface area contributed by atoms with Crippen molar-refractivity contribution >= 4 is 16.0 Å². The number of rotatable bonds is 32. The Morgan fingerprint density at radius 2 is 1.06 bits per heavy atom. The maximum atomic E-state index is 12.4. The van der Waals surface area contributed by atoms with Crippen LogP contribution in [0.4, 0.5) is 0 Å². The second-order valence-electron chi connectivity index (χ2n) is 12.5. The Labute approximate surface area is 289 Å². The predicted molar refractivity (Wildman–Crippen MR) is 202 cm³/mol. The number of hydrogen-bond donors (Lipinski definition) is 3. The van der Waals surface area contributed by atoms with Gasteiger partial charge in [0.2, 0.25) is 5.91 Å². The van der Waals surface area contributed by atoms with E-state index in [1.54, 1.807) is 6.08 Å². The summed E-state index contributed by atoms with van der Waals surface area (Å²) in [5.74, 6) is -1.03. The maximum Gasteiger partial charge on any atom is 0.267 e. The van der Waals surface area contributed by atoms with Gasteiger partial charge in [-0.3, -0.25) is 9.35 Å². The summed E-state index contributed by atoms with van der Waals surface area (Å²) in [5.41, 5.74) is 0. The summed E-state index contributed by atoms with van der Waals surface area (Å²) in [4.78, 5) is 12.4. The fourth-order valence-corrected chi connectivity index (χ4v) is 5.87. The van der Waals surface area contributed by atoms with Crippen LogP contribution in [0.1, 0.15) is 155 Å². The number of nitrogens with one attached hydrogen (secondary N) is 1. The van der Waals surface area contributed by atoms with E-state index < -0.39 is 28.0 Å². The second kappa shape index (κ2) is 33.7. The number of hydrogen-bond acceptors (Lipinski definition) is 4. The third-order valence-electron chi connectivity index (χ3n) is 7.93. The van der Waals surface area contributed by atoms with Gasteiger partial charge in [0.1, 0.15) is 0 Å². The highest BCUT2D eigenvalue weighted by atomic mass is 32.2. The molecule has 3 N–H and O–H groups in total. The minimum atomic E-state index is -4.36. The Morgan fingerprint density at radius 3 is 1.60 bits per heavy atom. The lowest BCUT2D eigenvalue weighted by Crippen LogP contribution is -2.46. The molecular formula is C40H69NO5S. The first-order valence-corrected chi connectivity index (χ1v) is 20.2. The van der Waals surface area contributed by atoms with Crippen LogP contribution in [0.5, 0.6) is 0 Å². The lowest BCUT2D eigenvalue weighted by molar-refractivity contribution is -0.122. The average Bonchev–Trinajstić information content (AvgIpc) is 3.03. The van der Waals surface area contributed by atoms with Gasteiger partial charge >= 0.3 is 0 Å². The lowest BCUT2D eigenvalue weighted by Gasteiger charge is -2.21. The molecule has 0 aliphatic rings. The standard InChI is InChI=1S/C40H69NO5S/c1-3-5-7-9-11-13-14-15-16-17-18-19-20-21-22-23-24-25-26-28-30-32-34-36-40(43)41-38(37-47(44,45)46)39(42)35-33-31-29-27-12-10-8-6-4-2/h4,6,12,14-15,17-18,20-21,27,33,35,38-39,42H,3,5,7-11,13,16,19,22-26,28-32,34,36-37H2,1-2H3,(H,41,43)(H,44,45,46)/b6-4+,15-14-,18-17-,21-20-,27-12+,35-33+. The van der Waals surface area contributed by atoms with E-state index in [0.717, 1.165) is 57.8 Å². The van der Waals surface area contributed by atoms with Crippen molar-refractivity contribution in [2.75, 3.05) is 5.75 Å². The van der Waals surface area contributed by atoms with Crippen molar-refractivity contribution in [1.29, 1.82) is 0 Å². The monoisotopic (exact) mass is 675 g/mol. The first-order chi connectivity index (χ1) is 22.8. The van der Waals surface area contributed by atoms with Gasteiger partial charge in [-0.1, -0.05) is 144 Å². The van der Waals surface area contributed by atoms with Crippen molar-refractivity contribution in [3.63, 3.8) is 0 Å². The summed E-state index contributed by atoms with van der Waals surface area (Å²) < 4.78 is 32.2. The normalized spacial score (nSPS) is 14.2. The van der Waals surface area contributed by atoms with E-state index in [0.29, 0.717) is 12.8 Å². The molecule has 0 fully saturated rings. The molecule has 270 valence electrons. The van der Waals surface area contributed by atoms with Crippen molar-refractivity contribution in [3.05, 3.63) is 72.9 Å². The van der Waals surface area contributed by atoms with Gasteiger partial charge in [0.05, 0.1) is 17.9 Å². The highest BCUT2D eigenvalue weighted by Crippen LogP contribution is 2.12. The molecule has 2 unspecified atom stereocenters. The second-order valence-corrected chi connectivity index (χ2v) is 14.0. The molecule has 0 aromatic carbocycles. The number of aliphatic hydroxyl groups excluding tert-OH is 1. The SMILES string of the molecule is C/C=C/CC/C=C/CC/C=C/C(O)C(CS(=O)(=O)O)NC(=O)CCCCCCCCCC/C=C\C/C=C\C/C=C\CCCCCCC. The smallest absolute Gasteiger partial charge is 0.267 e. The molecule has 0 aromatic heterocycles. The van der Waals surface area contributed by atoms with E-state index in [-0.39, 0.29) is 12.3 Å². The number of allylic oxidation sites excluding steroid dienone is 11. The molecule has 47 heavy (non-hydrogen) atoms. The molecule has 6 nitrogen and oxygen atoms in total. The predicted octanol–water partition coefficient (Wildman–Crippen LogP) is 10.7. The van der Waals surface area contributed by atoms with Crippen molar-refractivity contribution in [3.8, 4) is 0 Å². The van der Waals surface area contributed by atoms with Gasteiger partial charge < -0.3 is 10.4 Å². The molecule has 0 aromatic rings. The molecule has 0 heterocycles. The molecule has 2 atom stereocenters. The molecule has 0 aliphatic heterocycles. The molecule has 0 radical (unpaired) electrons. The molecule has 7 heteroatoms. The first-order valence-electron chi connectivity index (χ1n) is 18.6. The molecule has 0 rings (SSSR count). The van der Waals surface area contributed by atoms with Crippen LogP contribution in [-0.2, 0) is 14.9 Å². The van der Waals surface area contributed by atoms with Crippen LogP contribution in [0, 0.1) is 0 Å². The number of aliphatic hydroxyl groups is 1. The van der Waals surface area contributed by atoms with Crippen LogP contribution in [0.2, 0.25) is 0 Å². The van der Waals surface area contributed by atoms with Crippen LogP contribution < -0.4 is 5.32 Å². The molecular weight excluding hydrogens is 607 g/mol. The Balaban J connectivity index is 3.92. The quantitative estimate of drug-likeness (QED) is 0.0374. The number of unbranched alkanes of at least 4 members (excludes halogenated alkanes) is 15. The third-order valence-corrected chi connectivity index (χ3v) is 8.71. The van der Waals surface area contributed by atoms with E-state index in [9.17, 15) is 22.9 Å². The zero-order chi connectivity index (χ0) is 34.7. The van der Waals surface area contributed by atoms with Crippen molar-refractivity contribution in [2.45, 2.75) is 167 Å². The van der Waals surface area contributed by atoms with Crippen LogP contribution in [0.3, 0.4) is 0 Å². The summed E-state index contributed by atoms with van der Waals surface area (Å²) in [6.45, 7) is 4.25. The van der Waals surface area contributed by atoms with E-state index in [2.05, 4.69) is 66.9 Å². The molecule has 0 saturated carbocycles. The summed E-state index contributed by atoms with van der Waals surface area (Å²) in [6, 6.07) is -1.08. The van der Waals surface area contributed by atoms with Gasteiger partial charge in [0, 0.05) is 6.42 Å². The van der Waals surface area contributed by atoms with Crippen LogP contribution >= 0.6 is 0 Å². The zero-order valence-corrected chi connectivity index (χ0v) is 30.7. The zero-order valence-electron chi connectivity index (χ0n) is 29.9. The largest absolute Gasteiger partial charge is 0.387 e. The summed E-state index contributed by atoms with van der Waals surface area (Å²) >= 11 is 0.